The molecule has 2 aliphatic rings. The van der Waals surface area contributed by atoms with Crippen LogP contribution >= 0.6 is 0 Å². The van der Waals surface area contributed by atoms with Crippen molar-refractivity contribution >= 4 is 0 Å². The van der Waals surface area contributed by atoms with Gasteiger partial charge in [0.2, 0.25) is 0 Å². The van der Waals surface area contributed by atoms with Crippen molar-refractivity contribution in [2.24, 2.45) is 17.8 Å². The number of halogens is 2. The monoisotopic (exact) mass is 279 g/mol. The highest BCUT2D eigenvalue weighted by Crippen LogP contribution is 2.55. The molecule has 2 saturated carbocycles. The molecule has 1 aromatic rings. The Balaban J connectivity index is 1.70. The average Bonchev–Trinajstić information content (AvgIpc) is 3.06. The smallest absolute Gasteiger partial charge is 0.162 e. The van der Waals surface area contributed by atoms with Gasteiger partial charge < -0.3 is 5.32 Å². The summed E-state index contributed by atoms with van der Waals surface area (Å²) in [7, 11) is 0. The molecule has 2 aliphatic carbocycles. The van der Waals surface area contributed by atoms with Crippen molar-refractivity contribution in [2.45, 2.75) is 45.1 Å². The highest BCUT2D eigenvalue weighted by molar-refractivity contribution is 5.20. The number of hydrogen-bond acceptors (Lipinski definition) is 1. The van der Waals surface area contributed by atoms with E-state index >= 15 is 0 Å². The highest BCUT2D eigenvalue weighted by atomic mass is 19.2. The van der Waals surface area contributed by atoms with E-state index in [0.717, 1.165) is 24.8 Å². The molecule has 0 aliphatic heterocycles. The molecule has 0 radical (unpaired) electrons. The fraction of sp³-hybridized carbons (Fsp3) is 0.647. The second-order valence-corrected chi connectivity index (χ2v) is 6.47. The molecule has 0 aromatic heterocycles. The van der Waals surface area contributed by atoms with E-state index in [-0.39, 0.29) is 0 Å². The molecule has 3 unspecified atom stereocenters. The first-order valence-corrected chi connectivity index (χ1v) is 7.85. The van der Waals surface area contributed by atoms with Crippen molar-refractivity contribution in [1.29, 1.82) is 0 Å². The van der Waals surface area contributed by atoms with Gasteiger partial charge in [-0.1, -0.05) is 19.1 Å². The summed E-state index contributed by atoms with van der Waals surface area (Å²) in [6, 6.07) is 4.81. The van der Waals surface area contributed by atoms with E-state index in [2.05, 4.69) is 12.2 Å². The summed E-state index contributed by atoms with van der Waals surface area (Å²) in [6.45, 7) is 3.09. The minimum atomic E-state index is -0.731. The first-order valence-electron chi connectivity index (χ1n) is 7.85. The zero-order chi connectivity index (χ0) is 14.1. The van der Waals surface area contributed by atoms with E-state index in [1.807, 2.05) is 0 Å². The number of fused-ring (bicyclic) bond motifs is 1. The van der Waals surface area contributed by atoms with Crippen LogP contribution in [0.25, 0.3) is 0 Å². The maximum Gasteiger partial charge on any atom is 0.162 e. The van der Waals surface area contributed by atoms with E-state index in [4.69, 9.17) is 0 Å². The first-order chi connectivity index (χ1) is 9.69. The predicted octanol–water partition coefficient (Wildman–Crippen LogP) is 3.92. The van der Waals surface area contributed by atoms with Crippen LogP contribution in [-0.4, -0.2) is 12.6 Å². The van der Waals surface area contributed by atoms with Gasteiger partial charge in [-0.05, 0) is 68.0 Å². The van der Waals surface area contributed by atoms with E-state index < -0.39 is 11.6 Å². The van der Waals surface area contributed by atoms with Crippen LogP contribution in [0, 0.1) is 29.4 Å². The standard InChI is InChI=1S/C17H23F2N/c1-2-6-20-16(14-8-12-7-13(12)9-14)10-11-4-3-5-15(18)17(11)19/h3-5,12-14,16,20H,2,6-10H2,1H3. The fourth-order valence-corrected chi connectivity index (χ4v) is 3.77. The Bertz CT molecular complexity index is 464. The molecule has 0 bridgehead atoms. The Morgan fingerprint density at radius 2 is 1.95 bits per heavy atom. The van der Waals surface area contributed by atoms with Crippen LogP contribution < -0.4 is 5.32 Å². The lowest BCUT2D eigenvalue weighted by Gasteiger charge is -2.26. The summed E-state index contributed by atoms with van der Waals surface area (Å²) in [6.07, 6.45) is 5.60. The number of hydrogen-bond donors (Lipinski definition) is 1. The van der Waals surface area contributed by atoms with Gasteiger partial charge in [-0.15, -0.1) is 0 Å². The maximum absolute atomic E-state index is 13.9. The Kier molecular flexibility index (Phi) is 4.06. The number of rotatable bonds is 6. The highest BCUT2D eigenvalue weighted by Gasteiger charge is 2.47. The van der Waals surface area contributed by atoms with Gasteiger partial charge in [0.1, 0.15) is 0 Å². The Hall–Kier alpha value is -0.960. The topological polar surface area (TPSA) is 12.0 Å². The Morgan fingerprint density at radius 1 is 1.20 bits per heavy atom. The maximum atomic E-state index is 13.9. The summed E-state index contributed by atoms with van der Waals surface area (Å²) in [5, 5.41) is 3.56. The first kappa shape index (κ1) is 14.0. The third-order valence-electron chi connectivity index (χ3n) is 4.98. The lowest BCUT2D eigenvalue weighted by atomic mass is 9.89. The van der Waals surface area contributed by atoms with Crippen molar-refractivity contribution in [3.05, 3.63) is 35.4 Å². The van der Waals surface area contributed by atoms with Crippen molar-refractivity contribution in [3.63, 3.8) is 0 Å². The quantitative estimate of drug-likeness (QED) is 0.832. The third-order valence-corrected chi connectivity index (χ3v) is 4.98. The van der Waals surface area contributed by atoms with Crippen molar-refractivity contribution < 1.29 is 8.78 Å². The van der Waals surface area contributed by atoms with Gasteiger partial charge in [0.25, 0.3) is 0 Å². The summed E-state index contributed by atoms with van der Waals surface area (Å²) < 4.78 is 27.2. The minimum Gasteiger partial charge on any atom is -0.313 e. The summed E-state index contributed by atoms with van der Waals surface area (Å²) >= 11 is 0. The SMILES string of the molecule is CCCNC(Cc1cccc(F)c1F)C1CC2CC2C1. The molecule has 2 fully saturated rings. The molecule has 0 heterocycles. The van der Waals surface area contributed by atoms with Crippen molar-refractivity contribution in [3.8, 4) is 0 Å². The molecular formula is C17H23F2N. The summed E-state index contributed by atoms with van der Waals surface area (Å²) in [5.41, 5.74) is 0.513. The zero-order valence-corrected chi connectivity index (χ0v) is 12.0. The van der Waals surface area contributed by atoms with Crippen LogP contribution in [0.15, 0.2) is 18.2 Å². The van der Waals surface area contributed by atoms with E-state index in [9.17, 15) is 8.78 Å². The van der Waals surface area contributed by atoms with Crippen LogP contribution in [0.2, 0.25) is 0 Å². The van der Waals surface area contributed by atoms with Gasteiger partial charge in [-0.25, -0.2) is 8.78 Å². The second kappa shape index (κ2) is 5.80. The van der Waals surface area contributed by atoms with Crippen molar-refractivity contribution in [1.82, 2.24) is 5.32 Å². The summed E-state index contributed by atoms with van der Waals surface area (Å²) in [4.78, 5) is 0. The molecule has 1 nitrogen and oxygen atoms in total. The van der Waals surface area contributed by atoms with Gasteiger partial charge in [-0.3, -0.25) is 0 Å². The Labute approximate surface area is 119 Å². The van der Waals surface area contributed by atoms with E-state index in [1.54, 1.807) is 12.1 Å². The van der Waals surface area contributed by atoms with Gasteiger partial charge in [0.05, 0.1) is 0 Å². The third kappa shape index (κ3) is 2.88. The van der Waals surface area contributed by atoms with E-state index in [1.165, 1.54) is 25.3 Å². The van der Waals surface area contributed by atoms with Gasteiger partial charge in [0, 0.05) is 6.04 Å². The molecule has 3 rings (SSSR count). The predicted molar refractivity (Wildman–Crippen MR) is 76.5 cm³/mol. The molecule has 3 heteroatoms. The normalized spacial score (nSPS) is 29.2. The average molecular weight is 279 g/mol. The van der Waals surface area contributed by atoms with Crippen LogP contribution in [0.3, 0.4) is 0 Å². The molecule has 0 spiro atoms. The number of nitrogens with one attached hydrogen (secondary N) is 1. The van der Waals surface area contributed by atoms with Gasteiger partial charge in [0.15, 0.2) is 11.6 Å². The van der Waals surface area contributed by atoms with Crippen LogP contribution in [0.4, 0.5) is 8.78 Å². The molecule has 110 valence electrons. The molecule has 1 N–H and O–H groups in total. The Morgan fingerprint density at radius 3 is 2.65 bits per heavy atom. The molecule has 20 heavy (non-hydrogen) atoms. The van der Waals surface area contributed by atoms with Crippen molar-refractivity contribution in [2.75, 3.05) is 6.54 Å². The molecular weight excluding hydrogens is 256 g/mol. The van der Waals surface area contributed by atoms with Crippen LogP contribution in [0.5, 0.6) is 0 Å². The minimum absolute atomic E-state index is 0.291. The van der Waals surface area contributed by atoms with Gasteiger partial charge in [-0.2, -0.15) is 0 Å². The molecule has 0 saturated heterocycles. The molecule has 1 aromatic carbocycles. The molecule has 3 atom stereocenters. The number of benzene rings is 1. The van der Waals surface area contributed by atoms with Gasteiger partial charge >= 0.3 is 0 Å². The lowest BCUT2D eigenvalue weighted by Crippen LogP contribution is -2.38. The molecule has 0 amide bonds. The second-order valence-electron chi connectivity index (χ2n) is 6.47. The van der Waals surface area contributed by atoms with Crippen LogP contribution in [-0.2, 0) is 6.42 Å². The van der Waals surface area contributed by atoms with E-state index in [0.29, 0.717) is 23.9 Å². The lowest BCUT2D eigenvalue weighted by molar-refractivity contribution is 0.328. The van der Waals surface area contributed by atoms with Crippen LogP contribution in [0.1, 0.15) is 38.2 Å². The fourth-order valence-electron chi connectivity index (χ4n) is 3.77. The largest absolute Gasteiger partial charge is 0.313 e. The zero-order valence-electron chi connectivity index (χ0n) is 12.0. The summed E-state index contributed by atoms with van der Waals surface area (Å²) in [5.74, 6) is 1.07.